The van der Waals surface area contributed by atoms with Crippen molar-refractivity contribution in [2.24, 2.45) is 11.8 Å². The largest absolute Gasteiger partial charge is 0.444 e. The Morgan fingerprint density at radius 2 is 2.10 bits per heavy atom. The molecule has 0 aliphatic carbocycles. The SMILES string of the molecule is CC(CO)CNC(C)C1CCCN(C(=O)OC(C)(C)C)C1. The molecule has 0 spiro atoms. The number of carbonyl (C=O) groups is 1. The van der Waals surface area contributed by atoms with E-state index in [0.717, 1.165) is 32.5 Å². The van der Waals surface area contributed by atoms with Gasteiger partial charge in [-0.3, -0.25) is 0 Å². The molecule has 1 saturated heterocycles. The van der Waals surface area contributed by atoms with Crippen LogP contribution in [0.4, 0.5) is 4.79 Å². The molecular weight excluding hydrogens is 268 g/mol. The van der Waals surface area contributed by atoms with E-state index in [9.17, 15) is 4.79 Å². The van der Waals surface area contributed by atoms with Gasteiger partial charge in [-0.05, 0) is 52.4 Å². The lowest BCUT2D eigenvalue weighted by atomic mass is 9.91. The van der Waals surface area contributed by atoms with Crippen LogP contribution in [-0.4, -0.2) is 54.0 Å². The van der Waals surface area contributed by atoms with Gasteiger partial charge in [-0.25, -0.2) is 4.79 Å². The second kappa shape index (κ2) is 7.99. The van der Waals surface area contributed by atoms with E-state index in [2.05, 4.69) is 12.2 Å². The molecule has 1 rings (SSSR count). The fraction of sp³-hybridized carbons (Fsp3) is 0.938. The van der Waals surface area contributed by atoms with Gasteiger partial charge in [0.25, 0.3) is 0 Å². The Kier molecular flexibility index (Phi) is 6.94. The minimum atomic E-state index is -0.440. The quantitative estimate of drug-likeness (QED) is 0.817. The van der Waals surface area contributed by atoms with Gasteiger partial charge in [0, 0.05) is 32.3 Å². The van der Waals surface area contributed by atoms with Crippen molar-refractivity contribution in [2.45, 2.75) is 59.1 Å². The Hall–Kier alpha value is -0.810. The number of amides is 1. The number of piperidine rings is 1. The lowest BCUT2D eigenvalue weighted by molar-refractivity contribution is 0.0147. The van der Waals surface area contributed by atoms with Crippen LogP contribution in [0, 0.1) is 11.8 Å². The number of ether oxygens (including phenoxy) is 1. The monoisotopic (exact) mass is 300 g/mol. The molecule has 3 atom stereocenters. The predicted octanol–water partition coefficient (Wildman–Crippen LogP) is 2.24. The molecule has 0 aromatic carbocycles. The highest BCUT2D eigenvalue weighted by atomic mass is 16.6. The van der Waals surface area contributed by atoms with E-state index in [1.165, 1.54) is 0 Å². The summed E-state index contributed by atoms with van der Waals surface area (Å²) in [5, 5.41) is 12.5. The molecule has 21 heavy (non-hydrogen) atoms. The molecule has 0 radical (unpaired) electrons. The number of nitrogens with zero attached hydrogens (tertiary/aromatic N) is 1. The van der Waals surface area contributed by atoms with Crippen LogP contribution in [0.15, 0.2) is 0 Å². The average molecular weight is 300 g/mol. The number of nitrogens with one attached hydrogen (secondary N) is 1. The fourth-order valence-corrected chi connectivity index (χ4v) is 2.53. The van der Waals surface area contributed by atoms with Crippen LogP contribution in [0.1, 0.15) is 47.5 Å². The summed E-state index contributed by atoms with van der Waals surface area (Å²) in [5.74, 6) is 0.704. The third-order valence-electron chi connectivity index (χ3n) is 3.92. The molecule has 0 bridgehead atoms. The first-order chi connectivity index (χ1) is 9.73. The number of carbonyl (C=O) groups excluding carboxylic acids is 1. The fourth-order valence-electron chi connectivity index (χ4n) is 2.53. The highest BCUT2D eigenvalue weighted by Gasteiger charge is 2.30. The van der Waals surface area contributed by atoms with Gasteiger partial charge < -0.3 is 20.1 Å². The molecule has 1 fully saturated rings. The van der Waals surface area contributed by atoms with Gasteiger partial charge in [0.05, 0.1) is 0 Å². The highest BCUT2D eigenvalue weighted by Crippen LogP contribution is 2.22. The van der Waals surface area contributed by atoms with Crippen molar-refractivity contribution in [1.82, 2.24) is 10.2 Å². The summed E-state index contributed by atoms with van der Waals surface area (Å²) >= 11 is 0. The van der Waals surface area contributed by atoms with Crippen molar-refractivity contribution in [3.8, 4) is 0 Å². The van der Waals surface area contributed by atoms with Crippen LogP contribution >= 0.6 is 0 Å². The molecule has 1 heterocycles. The van der Waals surface area contributed by atoms with Crippen molar-refractivity contribution in [3.05, 3.63) is 0 Å². The minimum Gasteiger partial charge on any atom is -0.444 e. The maximum atomic E-state index is 12.1. The van der Waals surface area contributed by atoms with Gasteiger partial charge in [0.1, 0.15) is 5.60 Å². The van der Waals surface area contributed by atoms with E-state index in [1.807, 2.05) is 32.6 Å². The number of likely N-dealkylation sites (tertiary alicyclic amines) is 1. The van der Waals surface area contributed by atoms with E-state index in [4.69, 9.17) is 9.84 Å². The van der Waals surface area contributed by atoms with Gasteiger partial charge in [-0.1, -0.05) is 6.92 Å². The summed E-state index contributed by atoms with van der Waals surface area (Å²) in [7, 11) is 0. The Bertz CT molecular complexity index is 328. The van der Waals surface area contributed by atoms with Crippen molar-refractivity contribution in [3.63, 3.8) is 0 Å². The maximum absolute atomic E-state index is 12.1. The zero-order chi connectivity index (χ0) is 16.0. The van der Waals surface area contributed by atoms with Crippen LogP contribution in [0.3, 0.4) is 0 Å². The van der Waals surface area contributed by atoms with Gasteiger partial charge in [0.15, 0.2) is 0 Å². The molecule has 0 saturated carbocycles. The summed E-state index contributed by atoms with van der Waals surface area (Å²) in [6.07, 6.45) is 1.94. The third kappa shape index (κ3) is 6.66. The summed E-state index contributed by atoms with van der Waals surface area (Å²) < 4.78 is 5.45. The zero-order valence-electron chi connectivity index (χ0n) is 14.2. The molecular formula is C16H32N2O3. The summed E-state index contributed by atoms with van der Waals surface area (Å²) in [6, 6.07) is 0.337. The van der Waals surface area contributed by atoms with Crippen LogP contribution in [0.2, 0.25) is 0 Å². The number of aliphatic hydroxyl groups excluding tert-OH is 1. The van der Waals surface area contributed by atoms with E-state index in [1.54, 1.807) is 0 Å². The van der Waals surface area contributed by atoms with Gasteiger partial charge >= 0.3 is 6.09 Å². The number of hydrogen-bond donors (Lipinski definition) is 2. The van der Waals surface area contributed by atoms with Crippen LogP contribution in [0.25, 0.3) is 0 Å². The maximum Gasteiger partial charge on any atom is 0.410 e. The molecule has 5 nitrogen and oxygen atoms in total. The minimum absolute atomic E-state index is 0.203. The summed E-state index contributed by atoms with van der Waals surface area (Å²) in [6.45, 7) is 12.4. The zero-order valence-corrected chi connectivity index (χ0v) is 14.2. The molecule has 3 unspecified atom stereocenters. The lowest BCUT2D eigenvalue weighted by Crippen LogP contribution is -2.48. The molecule has 2 N–H and O–H groups in total. The Morgan fingerprint density at radius 1 is 1.43 bits per heavy atom. The number of hydrogen-bond acceptors (Lipinski definition) is 4. The van der Waals surface area contributed by atoms with Gasteiger partial charge in [-0.2, -0.15) is 0 Å². The van der Waals surface area contributed by atoms with Crippen LogP contribution < -0.4 is 5.32 Å². The lowest BCUT2D eigenvalue weighted by Gasteiger charge is -2.37. The molecule has 0 aromatic rings. The molecule has 1 aliphatic rings. The average Bonchev–Trinajstić information content (AvgIpc) is 2.42. The Balaban J connectivity index is 2.46. The van der Waals surface area contributed by atoms with E-state index >= 15 is 0 Å². The van der Waals surface area contributed by atoms with Crippen molar-refractivity contribution in [2.75, 3.05) is 26.2 Å². The smallest absolute Gasteiger partial charge is 0.410 e. The van der Waals surface area contributed by atoms with E-state index in [-0.39, 0.29) is 18.6 Å². The Morgan fingerprint density at radius 3 is 2.67 bits per heavy atom. The highest BCUT2D eigenvalue weighted by molar-refractivity contribution is 5.68. The molecule has 1 aliphatic heterocycles. The third-order valence-corrected chi connectivity index (χ3v) is 3.92. The van der Waals surface area contributed by atoms with E-state index in [0.29, 0.717) is 12.0 Å². The van der Waals surface area contributed by atoms with Gasteiger partial charge in [-0.15, -0.1) is 0 Å². The van der Waals surface area contributed by atoms with Crippen molar-refractivity contribution >= 4 is 6.09 Å². The number of rotatable bonds is 5. The van der Waals surface area contributed by atoms with Crippen molar-refractivity contribution in [1.29, 1.82) is 0 Å². The standard InChI is InChI=1S/C16H32N2O3/c1-12(11-19)9-17-13(2)14-7-6-8-18(10-14)15(20)21-16(3,4)5/h12-14,17,19H,6-11H2,1-5H3. The molecule has 124 valence electrons. The first-order valence-corrected chi connectivity index (χ1v) is 8.05. The van der Waals surface area contributed by atoms with Crippen LogP contribution in [0.5, 0.6) is 0 Å². The molecule has 0 aromatic heterocycles. The first kappa shape index (κ1) is 18.2. The van der Waals surface area contributed by atoms with Crippen LogP contribution in [-0.2, 0) is 4.74 Å². The predicted molar refractivity (Wildman–Crippen MR) is 84.2 cm³/mol. The molecule has 1 amide bonds. The Labute approximate surface area is 129 Å². The second-order valence-electron chi connectivity index (χ2n) is 7.31. The van der Waals surface area contributed by atoms with Crippen molar-refractivity contribution < 1.29 is 14.6 Å². The molecule has 5 heteroatoms. The summed E-state index contributed by atoms with van der Waals surface area (Å²) in [4.78, 5) is 14.0. The first-order valence-electron chi connectivity index (χ1n) is 8.05. The van der Waals surface area contributed by atoms with E-state index < -0.39 is 5.60 Å². The normalized spacial score (nSPS) is 22.8. The topological polar surface area (TPSA) is 61.8 Å². The number of aliphatic hydroxyl groups is 1. The second-order valence-corrected chi connectivity index (χ2v) is 7.31. The summed E-state index contributed by atoms with van der Waals surface area (Å²) in [5.41, 5.74) is -0.440. The van der Waals surface area contributed by atoms with Gasteiger partial charge in [0.2, 0.25) is 0 Å².